The van der Waals surface area contributed by atoms with Crippen LogP contribution in [0.15, 0.2) is 40.9 Å². The lowest BCUT2D eigenvalue weighted by Crippen LogP contribution is -2.06. The first kappa shape index (κ1) is 15.4. The molecule has 0 aliphatic heterocycles. The minimum Gasteiger partial charge on any atom is -0.496 e. The minimum absolute atomic E-state index is 0.150. The molecule has 0 amide bonds. The number of anilines is 1. The lowest BCUT2D eigenvalue weighted by Gasteiger charge is -2.10. The molecule has 0 bridgehead atoms. The summed E-state index contributed by atoms with van der Waals surface area (Å²) in [5.74, 6) is 0.953. The number of methoxy groups -OCH3 is 1. The van der Waals surface area contributed by atoms with Gasteiger partial charge in [-0.05, 0) is 43.3 Å². The van der Waals surface area contributed by atoms with Crippen molar-refractivity contribution in [1.29, 1.82) is 0 Å². The van der Waals surface area contributed by atoms with Gasteiger partial charge in [-0.25, -0.2) is 0 Å². The Labute approximate surface area is 132 Å². The van der Waals surface area contributed by atoms with Crippen molar-refractivity contribution in [3.05, 3.63) is 52.0 Å². The molecule has 2 aromatic carbocycles. The summed E-state index contributed by atoms with van der Waals surface area (Å²) in [6.45, 7) is 2.40. The van der Waals surface area contributed by atoms with Crippen LogP contribution in [-0.4, -0.2) is 19.5 Å². The Morgan fingerprint density at radius 1 is 1.19 bits per heavy atom. The van der Waals surface area contributed by atoms with E-state index < -0.39 is 0 Å². The normalized spacial score (nSPS) is 10.2. The summed E-state index contributed by atoms with van der Waals surface area (Å²) in [6.07, 6.45) is 0. The van der Waals surface area contributed by atoms with Gasteiger partial charge in [-0.2, -0.15) is 0 Å². The molecule has 2 aromatic rings. The zero-order chi connectivity index (χ0) is 15.4. The van der Waals surface area contributed by atoms with Crippen molar-refractivity contribution in [2.45, 2.75) is 6.92 Å². The van der Waals surface area contributed by atoms with Crippen molar-refractivity contribution < 1.29 is 14.3 Å². The van der Waals surface area contributed by atoms with Gasteiger partial charge >= 0.3 is 0 Å². The largest absolute Gasteiger partial charge is 0.496 e. The Hall–Kier alpha value is -2.01. The topological polar surface area (TPSA) is 61.5 Å². The van der Waals surface area contributed by atoms with E-state index in [-0.39, 0.29) is 5.78 Å². The van der Waals surface area contributed by atoms with Crippen LogP contribution in [-0.2, 0) is 0 Å². The number of hydrogen-bond donors (Lipinski definition) is 1. The smallest absolute Gasteiger partial charge is 0.196 e. The summed E-state index contributed by atoms with van der Waals surface area (Å²) in [5, 5.41) is 0. The third-order valence-corrected chi connectivity index (χ3v) is 3.47. The SMILES string of the molecule is CCOc1ccc(C(=O)c2cc(Br)ccc2OC)cc1N. The first-order chi connectivity index (χ1) is 10.1. The number of halogens is 1. The maximum absolute atomic E-state index is 12.6. The molecule has 0 spiro atoms. The van der Waals surface area contributed by atoms with Gasteiger partial charge in [-0.15, -0.1) is 0 Å². The average Bonchev–Trinajstić information content (AvgIpc) is 2.48. The molecule has 110 valence electrons. The van der Waals surface area contributed by atoms with Gasteiger partial charge in [0, 0.05) is 10.0 Å². The summed E-state index contributed by atoms with van der Waals surface area (Å²) < 4.78 is 11.4. The predicted molar refractivity (Wildman–Crippen MR) is 86.1 cm³/mol. The van der Waals surface area contributed by atoms with Gasteiger partial charge in [0.1, 0.15) is 11.5 Å². The molecule has 21 heavy (non-hydrogen) atoms. The molecule has 0 fully saturated rings. The van der Waals surface area contributed by atoms with Crippen LogP contribution in [0.1, 0.15) is 22.8 Å². The van der Waals surface area contributed by atoms with E-state index in [1.54, 1.807) is 30.3 Å². The van der Waals surface area contributed by atoms with Gasteiger partial charge in [0.2, 0.25) is 0 Å². The van der Waals surface area contributed by atoms with E-state index in [4.69, 9.17) is 15.2 Å². The Morgan fingerprint density at radius 3 is 2.52 bits per heavy atom. The average molecular weight is 350 g/mol. The first-order valence-electron chi connectivity index (χ1n) is 6.47. The number of carbonyl (C=O) groups is 1. The van der Waals surface area contributed by atoms with E-state index in [0.29, 0.717) is 34.9 Å². The second-order valence-corrected chi connectivity index (χ2v) is 5.28. The van der Waals surface area contributed by atoms with Crippen LogP contribution >= 0.6 is 15.9 Å². The highest BCUT2D eigenvalue weighted by atomic mass is 79.9. The van der Waals surface area contributed by atoms with Gasteiger partial charge in [-0.3, -0.25) is 4.79 Å². The van der Waals surface area contributed by atoms with E-state index in [1.807, 2.05) is 13.0 Å². The van der Waals surface area contributed by atoms with E-state index in [9.17, 15) is 4.79 Å². The highest BCUT2D eigenvalue weighted by molar-refractivity contribution is 9.10. The van der Waals surface area contributed by atoms with Gasteiger partial charge in [-0.1, -0.05) is 15.9 Å². The molecule has 0 aliphatic carbocycles. The molecule has 0 aromatic heterocycles. The molecule has 0 radical (unpaired) electrons. The Kier molecular flexibility index (Phi) is 4.85. The zero-order valence-electron chi connectivity index (χ0n) is 11.9. The lowest BCUT2D eigenvalue weighted by molar-refractivity contribution is 0.103. The predicted octanol–water partition coefficient (Wildman–Crippen LogP) is 3.67. The number of ether oxygens (including phenoxy) is 2. The van der Waals surface area contributed by atoms with E-state index in [1.165, 1.54) is 7.11 Å². The van der Waals surface area contributed by atoms with Gasteiger partial charge in [0.25, 0.3) is 0 Å². The summed E-state index contributed by atoms with van der Waals surface area (Å²) in [5.41, 5.74) is 7.32. The number of rotatable bonds is 5. The van der Waals surface area contributed by atoms with E-state index in [0.717, 1.165) is 4.47 Å². The molecule has 4 nitrogen and oxygen atoms in total. The Bertz CT molecular complexity index is 671. The summed E-state index contributed by atoms with van der Waals surface area (Å²) >= 11 is 3.36. The Morgan fingerprint density at radius 2 is 1.90 bits per heavy atom. The van der Waals surface area contributed by atoms with E-state index >= 15 is 0 Å². The molecule has 0 aliphatic rings. The highest BCUT2D eigenvalue weighted by Gasteiger charge is 2.16. The molecule has 0 unspecified atom stereocenters. The van der Waals surface area contributed by atoms with E-state index in [2.05, 4.69) is 15.9 Å². The fourth-order valence-electron chi connectivity index (χ4n) is 1.99. The molecule has 0 saturated carbocycles. The molecule has 0 saturated heterocycles. The van der Waals surface area contributed by atoms with Crippen molar-refractivity contribution >= 4 is 27.4 Å². The van der Waals surface area contributed by atoms with Gasteiger partial charge in [0.15, 0.2) is 5.78 Å². The van der Waals surface area contributed by atoms with Crippen LogP contribution in [0.2, 0.25) is 0 Å². The van der Waals surface area contributed by atoms with Crippen molar-refractivity contribution in [2.24, 2.45) is 0 Å². The van der Waals surface area contributed by atoms with Crippen LogP contribution in [0.5, 0.6) is 11.5 Å². The molecular formula is C16H16BrNO3. The van der Waals surface area contributed by atoms with Crippen LogP contribution in [0.4, 0.5) is 5.69 Å². The number of benzene rings is 2. The van der Waals surface area contributed by atoms with Crippen molar-refractivity contribution in [3.8, 4) is 11.5 Å². The molecule has 0 heterocycles. The van der Waals surface area contributed by atoms with Crippen molar-refractivity contribution in [1.82, 2.24) is 0 Å². The van der Waals surface area contributed by atoms with Crippen molar-refractivity contribution in [2.75, 3.05) is 19.5 Å². The third-order valence-electron chi connectivity index (χ3n) is 2.98. The third kappa shape index (κ3) is 3.36. The second-order valence-electron chi connectivity index (χ2n) is 4.36. The zero-order valence-corrected chi connectivity index (χ0v) is 13.4. The molecule has 5 heteroatoms. The number of ketones is 1. The summed E-state index contributed by atoms with van der Waals surface area (Å²) in [7, 11) is 1.53. The lowest BCUT2D eigenvalue weighted by atomic mass is 10.0. The highest BCUT2D eigenvalue weighted by Crippen LogP contribution is 2.28. The standard InChI is InChI=1S/C16H16BrNO3/c1-3-21-15-6-4-10(8-13(15)18)16(19)12-9-11(17)5-7-14(12)20-2/h4-9H,3,18H2,1-2H3. The fraction of sp³-hybridized carbons (Fsp3) is 0.188. The number of hydrogen-bond acceptors (Lipinski definition) is 4. The van der Waals surface area contributed by atoms with Gasteiger partial charge < -0.3 is 15.2 Å². The first-order valence-corrected chi connectivity index (χ1v) is 7.26. The monoisotopic (exact) mass is 349 g/mol. The fourth-order valence-corrected chi connectivity index (χ4v) is 2.35. The second kappa shape index (κ2) is 6.63. The number of nitrogen functional groups attached to an aromatic ring is 1. The van der Waals surface area contributed by atoms with Crippen LogP contribution in [0.3, 0.4) is 0 Å². The maximum atomic E-state index is 12.6. The quantitative estimate of drug-likeness (QED) is 0.660. The molecular weight excluding hydrogens is 334 g/mol. The van der Waals surface area contributed by atoms with Crippen LogP contribution in [0.25, 0.3) is 0 Å². The number of nitrogens with two attached hydrogens (primary N) is 1. The summed E-state index contributed by atoms with van der Waals surface area (Å²) in [6, 6.07) is 10.3. The van der Waals surface area contributed by atoms with Crippen LogP contribution in [0, 0.1) is 0 Å². The van der Waals surface area contributed by atoms with Crippen molar-refractivity contribution in [3.63, 3.8) is 0 Å². The maximum Gasteiger partial charge on any atom is 0.196 e. The van der Waals surface area contributed by atoms with Gasteiger partial charge in [0.05, 0.1) is 25.0 Å². The number of carbonyl (C=O) groups excluding carboxylic acids is 1. The van der Waals surface area contributed by atoms with Crippen LogP contribution < -0.4 is 15.2 Å². The minimum atomic E-state index is -0.150. The molecule has 0 atom stereocenters. The Balaban J connectivity index is 2.40. The summed E-state index contributed by atoms with van der Waals surface area (Å²) in [4.78, 5) is 12.6. The molecule has 2 rings (SSSR count). The molecule has 2 N–H and O–H groups in total.